The van der Waals surface area contributed by atoms with E-state index in [9.17, 15) is 14.7 Å². The summed E-state index contributed by atoms with van der Waals surface area (Å²) in [5.41, 5.74) is 2.85. The van der Waals surface area contributed by atoms with E-state index in [1.54, 1.807) is 4.68 Å². The summed E-state index contributed by atoms with van der Waals surface area (Å²) in [5, 5.41) is 16.5. The van der Waals surface area contributed by atoms with Crippen LogP contribution in [0.1, 0.15) is 29.8 Å². The van der Waals surface area contributed by atoms with Gasteiger partial charge in [0.1, 0.15) is 0 Å². The van der Waals surface area contributed by atoms with Gasteiger partial charge in [0.15, 0.2) is 0 Å². The van der Waals surface area contributed by atoms with E-state index in [2.05, 4.69) is 10.4 Å². The molecule has 0 aromatic carbocycles. The molecule has 0 unspecified atom stereocenters. The van der Waals surface area contributed by atoms with E-state index in [-0.39, 0.29) is 18.1 Å². The molecule has 2 aliphatic rings. The number of ether oxygens (including phenoxy) is 1. The lowest BCUT2D eigenvalue weighted by molar-refractivity contribution is -0.147. The molecular weight excluding hydrogens is 286 g/mol. The zero-order chi connectivity index (χ0) is 16.0. The minimum absolute atomic E-state index is 0.234. The number of aromatic nitrogens is 2. The standard InChI is InChI=1S/C15H21N3O4/c1-7-9(8(2)18(3)17-7)6-16-14(19)12-10-4-5-11(22-10)13(12)15(20)21/h10-13H,4-6H2,1-3H3,(H,16,19)(H,20,21)/t10-,11+,12-,13+/m1/s1. The first-order chi connectivity index (χ1) is 10.4. The Morgan fingerprint density at radius 2 is 1.95 bits per heavy atom. The molecule has 1 amide bonds. The van der Waals surface area contributed by atoms with Crippen LogP contribution in [-0.4, -0.2) is 39.0 Å². The van der Waals surface area contributed by atoms with Crippen molar-refractivity contribution in [1.82, 2.24) is 15.1 Å². The molecule has 7 nitrogen and oxygen atoms in total. The number of fused-ring (bicyclic) bond motifs is 2. The third kappa shape index (κ3) is 2.29. The lowest BCUT2D eigenvalue weighted by Gasteiger charge is -2.23. The van der Waals surface area contributed by atoms with Gasteiger partial charge in [0.05, 0.1) is 29.7 Å². The summed E-state index contributed by atoms with van der Waals surface area (Å²) >= 11 is 0. The molecule has 4 atom stereocenters. The number of aliphatic carboxylic acids is 1. The maximum Gasteiger partial charge on any atom is 0.310 e. The van der Waals surface area contributed by atoms with E-state index >= 15 is 0 Å². The van der Waals surface area contributed by atoms with E-state index in [4.69, 9.17) is 4.74 Å². The maximum atomic E-state index is 12.5. The third-order valence-corrected chi connectivity index (χ3v) is 4.96. The molecule has 0 radical (unpaired) electrons. The molecule has 0 saturated carbocycles. The normalized spacial score (nSPS) is 29.8. The van der Waals surface area contributed by atoms with Gasteiger partial charge in [-0.05, 0) is 26.7 Å². The molecule has 2 aliphatic heterocycles. The van der Waals surface area contributed by atoms with Gasteiger partial charge in [-0.2, -0.15) is 5.10 Å². The Balaban J connectivity index is 1.70. The van der Waals surface area contributed by atoms with Crippen LogP contribution in [0.3, 0.4) is 0 Å². The minimum atomic E-state index is -0.943. The lowest BCUT2D eigenvalue weighted by Crippen LogP contribution is -2.43. The van der Waals surface area contributed by atoms with Crippen LogP contribution in [0.2, 0.25) is 0 Å². The van der Waals surface area contributed by atoms with Crippen LogP contribution in [0.4, 0.5) is 0 Å². The Kier molecular flexibility index (Phi) is 3.68. The number of nitrogens with one attached hydrogen (secondary N) is 1. The first-order valence-corrected chi connectivity index (χ1v) is 7.55. The highest BCUT2D eigenvalue weighted by atomic mass is 16.5. The highest BCUT2D eigenvalue weighted by molar-refractivity contribution is 5.86. The summed E-state index contributed by atoms with van der Waals surface area (Å²) in [6.07, 6.45) is 0.909. The number of hydrogen-bond acceptors (Lipinski definition) is 4. The fourth-order valence-electron chi connectivity index (χ4n) is 3.69. The average molecular weight is 307 g/mol. The number of carbonyl (C=O) groups excluding carboxylic acids is 1. The van der Waals surface area contributed by atoms with Crippen molar-refractivity contribution in [2.45, 2.75) is 45.4 Å². The third-order valence-electron chi connectivity index (χ3n) is 4.96. The van der Waals surface area contributed by atoms with Crippen molar-refractivity contribution in [3.63, 3.8) is 0 Å². The van der Waals surface area contributed by atoms with E-state index in [1.165, 1.54) is 0 Å². The molecule has 2 saturated heterocycles. The zero-order valence-corrected chi connectivity index (χ0v) is 13.0. The number of carbonyl (C=O) groups is 2. The largest absolute Gasteiger partial charge is 0.481 e. The second-order valence-corrected chi connectivity index (χ2v) is 6.17. The number of hydrogen-bond donors (Lipinski definition) is 2. The van der Waals surface area contributed by atoms with Crippen molar-refractivity contribution in [1.29, 1.82) is 0 Å². The van der Waals surface area contributed by atoms with Crippen LogP contribution in [0.15, 0.2) is 0 Å². The van der Waals surface area contributed by atoms with Crippen LogP contribution in [0.5, 0.6) is 0 Å². The number of nitrogens with zero attached hydrogens (tertiary/aromatic N) is 2. The molecule has 2 bridgehead atoms. The van der Waals surface area contributed by atoms with Crippen molar-refractivity contribution in [2.75, 3.05) is 0 Å². The van der Waals surface area contributed by atoms with Crippen LogP contribution in [0.25, 0.3) is 0 Å². The minimum Gasteiger partial charge on any atom is -0.481 e. The second-order valence-electron chi connectivity index (χ2n) is 6.17. The second kappa shape index (κ2) is 5.39. The fourth-order valence-corrected chi connectivity index (χ4v) is 3.69. The Labute approximate surface area is 128 Å². The fraction of sp³-hybridized carbons (Fsp3) is 0.667. The van der Waals surface area contributed by atoms with Crippen molar-refractivity contribution >= 4 is 11.9 Å². The van der Waals surface area contributed by atoms with Crippen molar-refractivity contribution in [3.05, 3.63) is 17.0 Å². The molecule has 3 heterocycles. The van der Waals surface area contributed by atoms with E-state index in [0.29, 0.717) is 6.54 Å². The predicted molar refractivity (Wildman–Crippen MR) is 77.0 cm³/mol. The average Bonchev–Trinajstić information content (AvgIpc) is 3.12. The molecule has 2 fully saturated rings. The van der Waals surface area contributed by atoms with Gasteiger partial charge in [-0.15, -0.1) is 0 Å². The Bertz CT molecular complexity index is 625. The zero-order valence-electron chi connectivity index (χ0n) is 13.0. The van der Waals surface area contributed by atoms with E-state index in [0.717, 1.165) is 29.8 Å². The van der Waals surface area contributed by atoms with Crippen LogP contribution in [-0.2, 0) is 27.9 Å². The molecule has 0 spiro atoms. The SMILES string of the molecule is Cc1nn(C)c(C)c1CNC(=O)[C@H]1[C@@H](C(=O)O)[C@@H]2CC[C@H]1O2. The van der Waals surface area contributed by atoms with Crippen molar-refractivity contribution in [3.8, 4) is 0 Å². The molecule has 120 valence electrons. The van der Waals surface area contributed by atoms with Crippen molar-refractivity contribution in [2.24, 2.45) is 18.9 Å². The molecule has 0 aliphatic carbocycles. The molecule has 1 aromatic rings. The number of carboxylic acid groups (broad SMARTS) is 1. The summed E-state index contributed by atoms with van der Waals surface area (Å²) in [6, 6.07) is 0. The van der Waals surface area contributed by atoms with E-state index in [1.807, 2.05) is 20.9 Å². The summed E-state index contributed by atoms with van der Waals surface area (Å²) in [7, 11) is 1.86. The number of amides is 1. The van der Waals surface area contributed by atoms with Gasteiger partial charge < -0.3 is 15.2 Å². The smallest absolute Gasteiger partial charge is 0.310 e. The van der Waals surface area contributed by atoms with Gasteiger partial charge in [-0.3, -0.25) is 14.3 Å². The molecule has 1 aromatic heterocycles. The summed E-state index contributed by atoms with van der Waals surface area (Å²) < 4.78 is 7.40. The summed E-state index contributed by atoms with van der Waals surface area (Å²) in [6.45, 7) is 4.21. The van der Waals surface area contributed by atoms with Gasteiger partial charge in [-0.1, -0.05) is 0 Å². The number of aryl methyl sites for hydroxylation is 2. The highest BCUT2D eigenvalue weighted by Crippen LogP contribution is 2.43. The first kappa shape index (κ1) is 15.0. The maximum absolute atomic E-state index is 12.5. The highest BCUT2D eigenvalue weighted by Gasteiger charge is 2.55. The molecule has 22 heavy (non-hydrogen) atoms. The Morgan fingerprint density at radius 3 is 2.50 bits per heavy atom. The van der Waals surface area contributed by atoms with E-state index < -0.39 is 17.8 Å². The van der Waals surface area contributed by atoms with Gasteiger partial charge in [0.25, 0.3) is 0 Å². The summed E-state index contributed by atoms with van der Waals surface area (Å²) in [4.78, 5) is 23.9. The van der Waals surface area contributed by atoms with Crippen LogP contribution >= 0.6 is 0 Å². The quantitative estimate of drug-likeness (QED) is 0.846. The number of rotatable bonds is 4. The first-order valence-electron chi connectivity index (χ1n) is 7.55. The summed E-state index contributed by atoms with van der Waals surface area (Å²) in [5.74, 6) is -2.49. The van der Waals surface area contributed by atoms with Crippen LogP contribution < -0.4 is 5.32 Å². The number of carboxylic acids is 1. The van der Waals surface area contributed by atoms with Gasteiger partial charge in [0.2, 0.25) is 5.91 Å². The van der Waals surface area contributed by atoms with Crippen molar-refractivity contribution < 1.29 is 19.4 Å². The van der Waals surface area contributed by atoms with Gasteiger partial charge in [0, 0.05) is 24.8 Å². The monoisotopic (exact) mass is 307 g/mol. The van der Waals surface area contributed by atoms with Gasteiger partial charge >= 0.3 is 5.97 Å². The van der Waals surface area contributed by atoms with Crippen LogP contribution in [0, 0.1) is 25.7 Å². The Morgan fingerprint density at radius 1 is 1.32 bits per heavy atom. The van der Waals surface area contributed by atoms with Gasteiger partial charge in [-0.25, -0.2) is 0 Å². The topological polar surface area (TPSA) is 93.5 Å². The molecule has 7 heteroatoms. The molecular formula is C15H21N3O4. The molecule has 3 rings (SSSR count). The predicted octanol–water partition coefficient (Wildman–Crippen LogP) is 0.531. The Hall–Kier alpha value is -1.89. The lowest BCUT2D eigenvalue weighted by atomic mass is 9.78. The molecule has 2 N–H and O–H groups in total.